The molecule has 0 spiro atoms. The smallest absolute Gasteiger partial charge is 0.387 e. The zero-order chi connectivity index (χ0) is 21.7. The Kier molecular flexibility index (Phi) is 6.91. The van der Waals surface area contributed by atoms with Gasteiger partial charge in [-0.1, -0.05) is 34.1 Å². The minimum Gasteiger partial charge on any atom is -0.492 e. The SMILES string of the molecule is CC1(CCc2ccc(OC(F)F)cc2)NC(=O)N(CCOc2cccc(Br)c2)C1=O. The average molecular weight is 483 g/mol. The molecular weight excluding hydrogens is 462 g/mol. The number of halogens is 3. The van der Waals surface area contributed by atoms with Crippen LogP contribution >= 0.6 is 15.9 Å². The Bertz CT molecular complexity index is 910. The van der Waals surface area contributed by atoms with Crippen molar-refractivity contribution in [2.75, 3.05) is 13.2 Å². The molecule has 0 aliphatic carbocycles. The van der Waals surface area contributed by atoms with Gasteiger partial charge in [0.2, 0.25) is 0 Å². The van der Waals surface area contributed by atoms with E-state index in [2.05, 4.69) is 26.0 Å². The van der Waals surface area contributed by atoms with Crippen LogP contribution in [0.2, 0.25) is 0 Å². The summed E-state index contributed by atoms with van der Waals surface area (Å²) in [5.74, 6) is 0.392. The van der Waals surface area contributed by atoms with Gasteiger partial charge in [0, 0.05) is 4.47 Å². The maximum atomic E-state index is 12.8. The van der Waals surface area contributed by atoms with Crippen molar-refractivity contribution in [3.05, 3.63) is 58.6 Å². The van der Waals surface area contributed by atoms with E-state index in [1.807, 2.05) is 12.1 Å². The molecule has 1 N–H and O–H groups in total. The van der Waals surface area contributed by atoms with E-state index in [4.69, 9.17) is 4.74 Å². The van der Waals surface area contributed by atoms with Crippen LogP contribution in [0.25, 0.3) is 0 Å². The fourth-order valence-electron chi connectivity index (χ4n) is 3.16. The Balaban J connectivity index is 1.53. The highest BCUT2D eigenvalue weighted by Crippen LogP contribution is 2.24. The van der Waals surface area contributed by atoms with Crippen LogP contribution in [-0.2, 0) is 11.2 Å². The topological polar surface area (TPSA) is 67.9 Å². The molecule has 1 atom stereocenters. The third-order valence-corrected chi connectivity index (χ3v) is 5.28. The monoisotopic (exact) mass is 482 g/mol. The van der Waals surface area contributed by atoms with Gasteiger partial charge in [0.1, 0.15) is 23.6 Å². The molecule has 1 aliphatic heterocycles. The maximum absolute atomic E-state index is 12.8. The zero-order valence-electron chi connectivity index (χ0n) is 16.2. The summed E-state index contributed by atoms with van der Waals surface area (Å²) in [6.07, 6.45) is 0.857. The molecule has 1 unspecified atom stereocenters. The van der Waals surface area contributed by atoms with E-state index in [0.717, 1.165) is 14.9 Å². The Morgan fingerprint density at radius 3 is 2.53 bits per heavy atom. The summed E-state index contributed by atoms with van der Waals surface area (Å²) in [6, 6.07) is 13.0. The number of nitrogens with zero attached hydrogens (tertiary/aromatic N) is 1. The van der Waals surface area contributed by atoms with Crippen molar-refractivity contribution in [1.82, 2.24) is 10.2 Å². The number of imide groups is 1. The lowest BCUT2D eigenvalue weighted by molar-refractivity contribution is -0.131. The molecule has 3 rings (SSSR count). The van der Waals surface area contributed by atoms with Gasteiger partial charge in [0.05, 0.1) is 6.54 Å². The summed E-state index contributed by atoms with van der Waals surface area (Å²) in [5.41, 5.74) is -0.193. The Hall–Kier alpha value is -2.68. The van der Waals surface area contributed by atoms with Crippen LogP contribution in [-0.4, -0.2) is 42.1 Å². The van der Waals surface area contributed by atoms with Gasteiger partial charge in [-0.15, -0.1) is 0 Å². The molecule has 0 saturated carbocycles. The lowest BCUT2D eigenvalue weighted by atomic mass is 9.93. The van der Waals surface area contributed by atoms with Crippen molar-refractivity contribution in [2.24, 2.45) is 0 Å². The van der Waals surface area contributed by atoms with Crippen LogP contribution in [0.1, 0.15) is 18.9 Å². The highest BCUT2D eigenvalue weighted by atomic mass is 79.9. The normalized spacial score (nSPS) is 18.6. The third kappa shape index (κ3) is 5.47. The highest BCUT2D eigenvalue weighted by molar-refractivity contribution is 9.10. The number of nitrogens with one attached hydrogen (secondary N) is 1. The van der Waals surface area contributed by atoms with Crippen molar-refractivity contribution in [1.29, 1.82) is 0 Å². The summed E-state index contributed by atoms with van der Waals surface area (Å²) in [4.78, 5) is 26.3. The first-order valence-electron chi connectivity index (χ1n) is 9.33. The first kappa shape index (κ1) is 22.0. The van der Waals surface area contributed by atoms with Gasteiger partial charge in [-0.2, -0.15) is 8.78 Å². The van der Waals surface area contributed by atoms with Gasteiger partial charge in [0.25, 0.3) is 5.91 Å². The van der Waals surface area contributed by atoms with E-state index in [1.54, 1.807) is 31.2 Å². The van der Waals surface area contributed by atoms with Gasteiger partial charge in [-0.25, -0.2) is 4.79 Å². The molecule has 0 bridgehead atoms. The fraction of sp³-hybridized carbons (Fsp3) is 0.333. The van der Waals surface area contributed by atoms with Crippen LogP contribution < -0.4 is 14.8 Å². The van der Waals surface area contributed by atoms with E-state index in [-0.39, 0.29) is 24.8 Å². The molecule has 0 radical (unpaired) electrons. The Morgan fingerprint density at radius 1 is 1.13 bits per heavy atom. The zero-order valence-corrected chi connectivity index (χ0v) is 17.8. The number of hydrogen-bond acceptors (Lipinski definition) is 4. The Morgan fingerprint density at radius 2 is 1.87 bits per heavy atom. The second-order valence-corrected chi connectivity index (χ2v) is 7.96. The molecule has 1 aliphatic rings. The van der Waals surface area contributed by atoms with E-state index in [1.165, 1.54) is 12.1 Å². The van der Waals surface area contributed by atoms with E-state index >= 15 is 0 Å². The van der Waals surface area contributed by atoms with Crippen LogP contribution in [0.3, 0.4) is 0 Å². The second kappa shape index (κ2) is 9.42. The molecule has 2 aromatic carbocycles. The first-order valence-corrected chi connectivity index (χ1v) is 10.1. The minimum atomic E-state index is -2.88. The molecule has 1 heterocycles. The molecule has 2 aromatic rings. The number of alkyl halides is 2. The number of hydrogen-bond donors (Lipinski definition) is 1. The Labute approximate surface area is 181 Å². The summed E-state index contributed by atoms with van der Waals surface area (Å²) < 4.78 is 35.3. The van der Waals surface area contributed by atoms with Gasteiger partial charge in [-0.3, -0.25) is 9.69 Å². The van der Waals surface area contributed by atoms with Crippen molar-refractivity contribution >= 4 is 27.9 Å². The standard InChI is InChI=1S/C21H21BrF2N2O4/c1-21(10-9-14-5-7-16(8-6-14)30-19(23)24)18(27)26(20(28)25-21)11-12-29-17-4-2-3-15(22)13-17/h2-8,13,19H,9-12H2,1H3,(H,25,28). The second-order valence-electron chi connectivity index (χ2n) is 7.05. The summed E-state index contributed by atoms with van der Waals surface area (Å²) in [6.45, 7) is -0.889. The molecule has 160 valence electrons. The van der Waals surface area contributed by atoms with Crippen LogP contribution in [0.5, 0.6) is 11.5 Å². The van der Waals surface area contributed by atoms with Crippen LogP contribution in [0, 0.1) is 0 Å². The fourth-order valence-corrected chi connectivity index (χ4v) is 3.54. The molecule has 0 aromatic heterocycles. The number of carbonyl (C=O) groups excluding carboxylic acids is 2. The van der Waals surface area contributed by atoms with E-state index in [9.17, 15) is 18.4 Å². The quantitative estimate of drug-likeness (QED) is 0.538. The number of aryl methyl sites for hydroxylation is 1. The lowest BCUT2D eigenvalue weighted by Crippen LogP contribution is -2.44. The number of rotatable bonds is 9. The van der Waals surface area contributed by atoms with Gasteiger partial charge >= 0.3 is 12.6 Å². The molecular formula is C21H21BrF2N2O4. The lowest BCUT2D eigenvalue weighted by Gasteiger charge is -2.21. The third-order valence-electron chi connectivity index (χ3n) is 4.79. The molecule has 30 heavy (non-hydrogen) atoms. The summed E-state index contributed by atoms with van der Waals surface area (Å²) in [5, 5.41) is 2.75. The van der Waals surface area contributed by atoms with Gasteiger partial charge in [0.15, 0.2) is 0 Å². The summed E-state index contributed by atoms with van der Waals surface area (Å²) >= 11 is 3.36. The molecule has 3 amide bonds. The van der Waals surface area contributed by atoms with Crippen LogP contribution in [0.4, 0.5) is 13.6 Å². The average Bonchev–Trinajstić information content (AvgIpc) is 2.90. The molecule has 1 saturated heterocycles. The van der Waals surface area contributed by atoms with Crippen molar-refractivity contribution in [3.63, 3.8) is 0 Å². The minimum absolute atomic E-state index is 0.0711. The van der Waals surface area contributed by atoms with Crippen LogP contribution in [0.15, 0.2) is 53.0 Å². The number of urea groups is 1. The van der Waals surface area contributed by atoms with Gasteiger partial charge in [-0.05, 0) is 55.7 Å². The molecule has 9 heteroatoms. The number of benzene rings is 2. The predicted octanol–water partition coefficient (Wildman–Crippen LogP) is 4.37. The van der Waals surface area contributed by atoms with E-state index < -0.39 is 18.2 Å². The van der Waals surface area contributed by atoms with Gasteiger partial charge < -0.3 is 14.8 Å². The van der Waals surface area contributed by atoms with Crippen molar-refractivity contribution in [3.8, 4) is 11.5 Å². The molecule has 1 fully saturated rings. The highest BCUT2D eigenvalue weighted by Gasteiger charge is 2.47. The molecule has 6 nitrogen and oxygen atoms in total. The van der Waals surface area contributed by atoms with Crippen molar-refractivity contribution in [2.45, 2.75) is 31.9 Å². The number of carbonyl (C=O) groups is 2. The first-order chi connectivity index (χ1) is 14.3. The number of ether oxygens (including phenoxy) is 2. The predicted molar refractivity (Wildman–Crippen MR) is 110 cm³/mol. The number of amides is 3. The maximum Gasteiger partial charge on any atom is 0.387 e. The largest absolute Gasteiger partial charge is 0.492 e. The van der Waals surface area contributed by atoms with Crippen molar-refractivity contribution < 1.29 is 27.8 Å². The summed E-state index contributed by atoms with van der Waals surface area (Å²) in [7, 11) is 0. The van der Waals surface area contributed by atoms with E-state index in [0.29, 0.717) is 18.6 Å².